The maximum atomic E-state index is 11.8. The first-order valence-corrected chi connectivity index (χ1v) is 7.24. The molecule has 0 aliphatic carbocycles. The minimum absolute atomic E-state index is 0.0756. The molecule has 2 N–H and O–H groups in total. The predicted octanol–water partition coefficient (Wildman–Crippen LogP) is 1.51. The van der Waals surface area contributed by atoms with Crippen molar-refractivity contribution in [3.8, 4) is 5.75 Å². The lowest BCUT2D eigenvalue weighted by atomic mass is 10.2. The van der Waals surface area contributed by atoms with E-state index in [9.17, 15) is 22.8 Å². The van der Waals surface area contributed by atoms with Crippen molar-refractivity contribution in [2.75, 3.05) is 32.9 Å². The summed E-state index contributed by atoms with van der Waals surface area (Å²) in [5.74, 6) is -0.336. The van der Waals surface area contributed by atoms with Crippen LogP contribution >= 0.6 is 0 Å². The fourth-order valence-electron chi connectivity index (χ4n) is 1.64. The van der Waals surface area contributed by atoms with Gasteiger partial charge in [0.15, 0.2) is 0 Å². The first-order valence-electron chi connectivity index (χ1n) is 7.24. The van der Waals surface area contributed by atoms with Crippen molar-refractivity contribution in [3.63, 3.8) is 0 Å². The third kappa shape index (κ3) is 8.37. The van der Waals surface area contributed by atoms with Crippen LogP contribution < -0.4 is 15.4 Å². The van der Waals surface area contributed by atoms with Gasteiger partial charge in [-0.3, -0.25) is 9.59 Å². The molecule has 1 aromatic rings. The number of hydrogen-bond acceptors (Lipinski definition) is 4. The van der Waals surface area contributed by atoms with Gasteiger partial charge in [0, 0.05) is 12.1 Å². The van der Waals surface area contributed by atoms with Crippen LogP contribution in [0.3, 0.4) is 0 Å². The van der Waals surface area contributed by atoms with Crippen LogP contribution in [0.1, 0.15) is 17.3 Å². The van der Waals surface area contributed by atoms with Crippen LogP contribution in [-0.4, -0.2) is 50.9 Å². The van der Waals surface area contributed by atoms with E-state index < -0.39 is 24.6 Å². The van der Waals surface area contributed by atoms with Crippen LogP contribution in [-0.2, 0) is 9.53 Å². The third-order valence-electron chi connectivity index (χ3n) is 2.67. The summed E-state index contributed by atoms with van der Waals surface area (Å²) in [6.07, 6.45) is -4.39. The molecule has 0 aromatic heterocycles. The summed E-state index contributed by atoms with van der Waals surface area (Å²) < 4.78 is 45.0. The molecular weight excluding hydrogens is 329 g/mol. The van der Waals surface area contributed by atoms with Gasteiger partial charge in [-0.05, 0) is 31.2 Å². The molecule has 24 heavy (non-hydrogen) atoms. The highest BCUT2D eigenvalue weighted by molar-refractivity contribution is 5.96. The molecule has 134 valence electrons. The van der Waals surface area contributed by atoms with Crippen LogP contribution in [0.15, 0.2) is 24.3 Å². The SMILES string of the molecule is CCOc1ccc(C(=O)NCC(=O)NCCOCC(F)(F)F)cc1. The number of amides is 2. The molecule has 0 atom stereocenters. The van der Waals surface area contributed by atoms with Crippen molar-refractivity contribution < 1.29 is 32.2 Å². The molecule has 1 aromatic carbocycles. The van der Waals surface area contributed by atoms with E-state index in [1.165, 1.54) is 0 Å². The lowest BCUT2D eigenvalue weighted by Crippen LogP contribution is -2.38. The average molecular weight is 348 g/mol. The van der Waals surface area contributed by atoms with Crippen molar-refractivity contribution in [3.05, 3.63) is 29.8 Å². The second kappa shape index (κ2) is 9.76. The monoisotopic (exact) mass is 348 g/mol. The zero-order valence-electron chi connectivity index (χ0n) is 13.1. The number of carbonyl (C=O) groups excluding carboxylic acids is 2. The molecule has 0 heterocycles. The Hall–Kier alpha value is -2.29. The fraction of sp³-hybridized carbons (Fsp3) is 0.467. The number of rotatable bonds is 9. The van der Waals surface area contributed by atoms with Gasteiger partial charge >= 0.3 is 6.18 Å². The summed E-state index contributed by atoms with van der Waals surface area (Å²) in [6.45, 7) is 0.361. The van der Waals surface area contributed by atoms with Crippen LogP contribution in [0.4, 0.5) is 13.2 Å². The van der Waals surface area contributed by atoms with E-state index in [0.717, 1.165) is 0 Å². The summed E-state index contributed by atoms with van der Waals surface area (Å²) in [5, 5.41) is 4.74. The van der Waals surface area contributed by atoms with Crippen LogP contribution in [0.2, 0.25) is 0 Å². The van der Waals surface area contributed by atoms with Gasteiger partial charge in [0.2, 0.25) is 5.91 Å². The van der Waals surface area contributed by atoms with E-state index in [-0.39, 0.29) is 19.7 Å². The molecule has 0 radical (unpaired) electrons. The molecule has 0 aliphatic rings. The quantitative estimate of drug-likeness (QED) is 0.663. The molecule has 1 rings (SSSR count). The van der Waals surface area contributed by atoms with Crippen molar-refractivity contribution in [1.29, 1.82) is 0 Å². The van der Waals surface area contributed by atoms with Gasteiger partial charge in [-0.2, -0.15) is 13.2 Å². The van der Waals surface area contributed by atoms with Gasteiger partial charge in [0.25, 0.3) is 5.91 Å². The highest BCUT2D eigenvalue weighted by atomic mass is 19.4. The van der Waals surface area contributed by atoms with E-state index in [2.05, 4.69) is 15.4 Å². The number of carbonyl (C=O) groups is 2. The maximum Gasteiger partial charge on any atom is 0.411 e. The average Bonchev–Trinajstić information content (AvgIpc) is 2.52. The second-order valence-corrected chi connectivity index (χ2v) is 4.66. The van der Waals surface area contributed by atoms with E-state index in [1.54, 1.807) is 24.3 Å². The standard InChI is InChI=1S/C15H19F3N2O4/c1-2-24-12-5-3-11(4-6-12)14(22)20-9-13(21)19-7-8-23-10-15(16,17)18/h3-6H,2,7-10H2,1H3,(H,19,21)(H,20,22). The minimum Gasteiger partial charge on any atom is -0.494 e. The summed E-state index contributed by atoms with van der Waals surface area (Å²) in [5.41, 5.74) is 0.361. The Balaban J connectivity index is 2.22. The lowest BCUT2D eigenvalue weighted by molar-refractivity contribution is -0.173. The lowest BCUT2D eigenvalue weighted by Gasteiger charge is -2.09. The molecule has 0 saturated carbocycles. The van der Waals surface area contributed by atoms with Gasteiger partial charge in [0.05, 0.1) is 19.8 Å². The zero-order valence-corrected chi connectivity index (χ0v) is 13.1. The van der Waals surface area contributed by atoms with Crippen molar-refractivity contribution in [1.82, 2.24) is 10.6 Å². The molecule has 0 fully saturated rings. The first-order chi connectivity index (χ1) is 11.3. The molecule has 0 saturated heterocycles. The summed E-state index contributed by atoms with van der Waals surface area (Å²) in [7, 11) is 0. The molecule has 0 unspecified atom stereocenters. The first kappa shape index (κ1) is 19.8. The third-order valence-corrected chi connectivity index (χ3v) is 2.67. The largest absolute Gasteiger partial charge is 0.494 e. The highest BCUT2D eigenvalue weighted by Crippen LogP contribution is 2.14. The van der Waals surface area contributed by atoms with Crippen LogP contribution in [0, 0.1) is 0 Å². The van der Waals surface area contributed by atoms with Gasteiger partial charge in [0.1, 0.15) is 12.4 Å². The van der Waals surface area contributed by atoms with E-state index in [1.807, 2.05) is 6.92 Å². The molecule has 0 spiro atoms. The smallest absolute Gasteiger partial charge is 0.411 e. The van der Waals surface area contributed by atoms with E-state index in [0.29, 0.717) is 17.9 Å². The Labute approximate surface area is 137 Å². The maximum absolute atomic E-state index is 11.8. The van der Waals surface area contributed by atoms with Gasteiger partial charge in [-0.1, -0.05) is 0 Å². The van der Waals surface area contributed by atoms with Gasteiger partial charge in [-0.15, -0.1) is 0 Å². The summed E-state index contributed by atoms with van der Waals surface area (Å²) >= 11 is 0. The second-order valence-electron chi connectivity index (χ2n) is 4.66. The molecule has 2 amide bonds. The van der Waals surface area contributed by atoms with Crippen LogP contribution in [0.5, 0.6) is 5.75 Å². The Morgan fingerprint density at radius 2 is 1.79 bits per heavy atom. The van der Waals surface area contributed by atoms with Crippen molar-refractivity contribution in [2.45, 2.75) is 13.1 Å². The molecule has 9 heteroatoms. The number of ether oxygens (including phenoxy) is 2. The van der Waals surface area contributed by atoms with Crippen molar-refractivity contribution >= 4 is 11.8 Å². The number of benzene rings is 1. The summed E-state index contributed by atoms with van der Waals surface area (Å²) in [4.78, 5) is 23.3. The number of nitrogens with one attached hydrogen (secondary N) is 2. The highest BCUT2D eigenvalue weighted by Gasteiger charge is 2.27. The zero-order chi connectivity index (χ0) is 18.0. The van der Waals surface area contributed by atoms with E-state index >= 15 is 0 Å². The van der Waals surface area contributed by atoms with E-state index in [4.69, 9.17) is 4.74 Å². The Kier molecular flexibility index (Phi) is 8.03. The summed E-state index contributed by atoms with van der Waals surface area (Å²) in [6, 6.07) is 6.39. The molecule has 0 bridgehead atoms. The topological polar surface area (TPSA) is 76.7 Å². The molecular formula is C15H19F3N2O4. The fourth-order valence-corrected chi connectivity index (χ4v) is 1.64. The minimum atomic E-state index is -4.39. The molecule has 6 nitrogen and oxygen atoms in total. The predicted molar refractivity (Wildman–Crippen MR) is 79.8 cm³/mol. The number of hydrogen-bond donors (Lipinski definition) is 2. The number of alkyl halides is 3. The Morgan fingerprint density at radius 3 is 2.38 bits per heavy atom. The van der Waals surface area contributed by atoms with Gasteiger partial charge in [-0.25, -0.2) is 0 Å². The van der Waals surface area contributed by atoms with Crippen molar-refractivity contribution in [2.24, 2.45) is 0 Å². The Morgan fingerprint density at radius 1 is 1.12 bits per heavy atom. The molecule has 0 aliphatic heterocycles. The van der Waals surface area contributed by atoms with Gasteiger partial charge < -0.3 is 20.1 Å². The normalized spacial score (nSPS) is 11.0. The Bertz CT molecular complexity index is 533. The van der Waals surface area contributed by atoms with Crippen LogP contribution in [0.25, 0.3) is 0 Å². The number of halogens is 3.